The highest BCUT2D eigenvalue weighted by atomic mass is 16.1. The quantitative estimate of drug-likeness (QED) is 0.765. The zero-order valence-corrected chi connectivity index (χ0v) is 9.00. The van der Waals surface area contributed by atoms with Gasteiger partial charge in [-0.15, -0.1) is 0 Å². The summed E-state index contributed by atoms with van der Waals surface area (Å²) in [6.07, 6.45) is 5.48. The third-order valence-electron chi connectivity index (χ3n) is 1.53. The van der Waals surface area contributed by atoms with E-state index < -0.39 is 0 Å². The molecular formula is C12H17NO. The normalized spacial score (nSPS) is 9.36. The van der Waals surface area contributed by atoms with Crippen molar-refractivity contribution in [3.8, 4) is 0 Å². The molecule has 0 unspecified atom stereocenters. The molecule has 0 bridgehead atoms. The minimum atomic E-state index is -0.0989. The number of hydrogen-bond acceptors (Lipinski definition) is 1. The lowest BCUT2D eigenvalue weighted by molar-refractivity contribution is 1.20. The van der Waals surface area contributed by atoms with Crippen molar-refractivity contribution in [1.29, 1.82) is 0 Å². The molecule has 1 N–H and O–H groups in total. The number of allylic oxidation sites excluding steroid dienone is 1. The molecule has 0 radical (unpaired) electrons. The molecule has 0 aliphatic heterocycles. The Morgan fingerprint density at radius 3 is 2.50 bits per heavy atom. The molecule has 0 saturated carbocycles. The predicted molar refractivity (Wildman–Crippen MR) is 63.2 cm³/mol. The van der Waals surface area contributed by atoms with Crippen LogP contribution in [0, 0.1) is 0 Å². The van der Waals surface area contributed by atoms with Crippen LogP contribution < -0.4 is 5.56 Å². The lowest BCUT2D eigenvalue weighted by Crippen LogP contribution is -2.05. The van der Waals surface area contributed by atoms with Gasteiger partial charge in [-0.25, -0.2) is 0 Å². The summed E-state index contributed by atoms with van der Waals surface area (Å²) in [4.78, 5) is 13.6. The van der Waals surface area contributed by atoms with E-state index in [4.69, 9.17) is 0 Å². The van der Waals surface area contributed by atoms with E-state index >= 15 is 0 Å². The molecule has 2 heteroatoms. The first-order valence-corrected chi connectivity index (χ1v) is 4.76. The third-order valence-corrected chi connectivity index (χ3v) is 1.53. The number of nitrogens with one attached hydrogen (secondary N) is 1. The molecule has 1 rings (SSSR count). The molecule has 76 valence electrons. The summed E-state index contributed by atoms with van der Waals surface area (Å²) in [6, 6.07) is 3.28. The predicted octanol–water partition coefficient (Wildman–Crippen LogP) is 3.08. The van der Waals surface area contributed by atoms with Gasteiger partial charge in [0.25, 0.3) is 0 Å². The fraction of sp³-hybridized carbons (Fsp3) is 0.250. The van der Waals surface area contributed by atoms with Crippen LogP contribution in [0.2, 0.25) is 0 Å². The lowest BCUT2D eigenvalue weighted by Gasteiger charge is -1.97. The Labute approximate surface area is 85.0 Å². The first-order valence-electron chi connectivity index (χ1n) is 4.76. The molecule has 14 heavy (non-hydrogen) atoms. The molecule has 0 spiro atoms. The Morgan fingerprint density at radius 2 is 2.00 bits per heavy atom. The molecular weight excluding hydrogens is 174 g/mol. The van der Waals surface area contributed by atoms with Crippen molar-refractivity contribution < 1.29 is 0 Å². The minimum Gasteiger partial charge on any atom is -0.322 e. The van der Waals surface area contributed by atoms with Crippen LogP contribution in [0.4, 0.5) is 0 Å². The SMILES string of the molecule is C=Cc1[nH]c(=O)ccc1/C=C\C.CC. The van der Waals surface area contributed by atoms with Crippen LogP contribution in [0.5, 0.6) is 0 Å². The second kappa shape index (κ2) is 6.89. The van der Waals surface area contributed by atoms with E-state index in [9.17, 15) is 4.79 Å². The summed E-state index contributed by atoms with van der Waals surface area (Å²) >= 11 is 0. The van der Waals surface area contributed by atoms with E-state index in [0.717, 1.165) is 11.3 Å². The van der Waals surface area contributed by atoms with Gasteiger partial charge in [-0.1, -0.05) is 32.6 Å². The Balaban J connectivity index is 0.000000791. The van der Waals surface area contributed by atoms with Gasteiger partial charge in [-0.05, 0) is 24.6 Å². The highest BCUT2D eigenvalue weighted by molar-refractivity contribution is 5.60. The van der Waals surface area contributed by atoms with Gasteiger partial charge in [0.15, 0.2) is 0 Å². The summed E-state index contributed by atoms with van der Waals surface area (Å²) < 4.78 is 0. The average molecular weight is 191 g/mol. The van der Waals surface area contributed by atoms with Gasteiger partial charge in [0.05, 0.1) is 0 Å². The van der Waals surface area contributed by atoms with Crippen LogP contribution in [0.1, 0.15) is 32.0 Å². The maximum Gasteiger partial charge on any atom is 0.248 e. The summed E-state index contributed by atoms with van der Waals surface area (Å²) in [7, 11) is 0. The first kappa shape index (κ1) is 12.4. The van der Waals surface area contributed by atoms with E-state index in [0.29, 0.717) is 0 Å². The maximum absolute atomic E-state index is 10.9. The Hall–Kier alpha value is -1.57. The smallest absolute Gasteiger partial charge is 0.248 e. The fourth-order valence-corrected chi connectivity index (χ4v) is 0.996. The van der Waals surface area contributed by atoms with E-state index in [2.05, 4.69) is 11.6 Å². The third kappa shape index (κ3) is 3.44. The average Bonchev–Trinajstić information content (AvgIpc) is 2.24. The Kier molecular flexibility index (Phi) is 6.12. The maximum atomic E-state index is 10.9. The van der Waals surface area contributed by atoms with E-state index in [1.54, 1.807) is 12.1 Å². The lowest BCUT2D eigenvalue weighted by atomic mass is 10.2. The highest BCUT2D eigenvalue weighted by Crippen LogP contribution is 2.06. The first-order chi connectivity index (χ1) is 6.77. The van der Waals surface area contributed by atoms with Gasteiger partial charge in [-0.3, -0.25) is 4.79 Å². The van der Waals surface area contributed by atoms with Crippen LogP contribution in [0.15, 0.2) is 29.6 Å². The van der Waals surface area contributed by atoms with Crippen molar-refractivity contribution in [1.82, 2.24) is 4.98 Å². The number of pyridine rings is 1. The van der Waals surface area contributed by atoms with Crippen molar-refractivity contribution in [2.45, 2.75) is 20.8 Å². The number of aromatic amines is 1. The monoisotopic (exact) mass is 191 g/mol. The number of aromatic nitrogens is 1. The van der Waals surface area contributed by atoms with Gasteiger partial charge in [0, 0.05) is 11.8 Å². The van der Waals surface area contributed by atoms with Crippen LogP contribution in [0.25, 0.3) is 12.2 Å². The number of H-pyrrole nitrogens is 1. The zero-order chi connectivity index (χ0) is 11.0. The van der Waals surface area contributed by atoms with E-state index in [1.165, 1.54) is 6.07 Å². The molecule has 0 atom stereocenters. The Morgan fingerprint density at radius 1 is 1.36 bits per heavy atom. The molecule has 0 aromatic carbocycles. The van der Waals surface area contributed by atoms with Gasteiger partial charge in [0.1, 0.15) is 0 Å². The van der Waals surface area contributed by atoms with Crippen LogP contribution in [-0.2, 0) is 0 Å². The fourth-order valence-electron chi connectivity index (χ4n) is 0.996. The molecule has 1 aromatic rings. The van der Waals surface area contributed by atoms with Gasteiger partial charge in [0.2, 0.25) is 5.56 Å². The van der Waals surface area contributed by atoms with Crippen molar-refractivity contribution in [3.05, 3.63) is 46.4 Å². The van der Waals surface area contributed by atoms with Crippen molar-refractivity contribution >= 4 is 12.2 Å². The number of rotatable bonds is 2. The molecule has 0 aliphatic carbocycles. The van der Waals surface area contributed by atoms with Crippen molar-refractivity contribution in [3.63, 3.8) is 0 Å². The molecule has 0 aliphatic rings. The van der Waals surface area contributed by atoms with E-state index in [1.807, 2.05) is 32.9 Å². The van der Waals surface area contributed by atoms with Crippen molar-refractivity contribution in [2.24, 2.45) is 0 Å². The standard InChI is InChI=1S/C10H11NO.C2H6/c1-3-5-8-6-7-10(12)11-9(8)4-2;1-2/h3-7H,2H2,1H3,(H,11,12);1-2H3/b5-3-;. The molecule has 0 fully saturated rings. The highest BCUT2D eigenvalue weighted by Gasteiger charge is 1.94. The van der Waals surface area contributed by atoms with Crippen LogP contribution in [-0.4, -0.2) is 4.98 Å². The van der Waals surface area contributed by atoms with Crippen molar-refractivity contribution in [2.75, 3.05) is 0 Å². The molecule has 2 nitrogen and oxygen atoms in total. The molecule has 1 aromatic heterocycles. The molecule has 0 amide bonds. The Bertz CT molecular complexity index is 361. The summed E-state index contributed by atoms with van der Waals surface area (Å²) in [5.41, 5.74) is 1.64. The van der Waals surface area contributed by atoms with Gasteiger partial charge < -0.3 is 4.98 Å². The summed E-state index contributed by atoms with van der Waals surface area (Å²) in [5, 5.41) is 0. The van der Waals surface area contributed by atoms with Gasteiger partial charge in [-0.2, -0.15) is 0 Å². The van der Waals surface area contributed by atoms with E-state index in [-0.39, 0.29) is 5.56 Å². The summed E-state index contributed by atoms with van der Waals surface area (Å²) in [5.74, 6) is 0. The number of hydrogen-bond donors (Lipinski definition) is 1. The van der Waals surface area contributed by atoms with Crippen LogP contribution in [0.3, 0.4) is 0 Å². The molecule has 1 heterocycles. The second-order valence-electron chi connectivity index (χ2n) is 2.40. The summed E-state index contributed by atoms with van der Waals surface area (Å²) in [6.45, 7) is 9.54. The zero-order valence-electron chi connectivity index (χ0n) is 9.00. The molecule has 0 saturated heterocycles. The second-order valence-corrected chi connectivity index (χ2v) is 2.40. The minimum absolute atomic E-state index is 0.0989. The largest absolute Gasteiger partial charge is 0.322 e. The van der Waals surface area contributed by atoms with Crippen LogP contribution >= 0.6 is 0 Å². The topological polar surface area (TPSA) is 32.9 Å². The van der Waals surface area contributed by atoms with Gasteiger partial charge >= 0.3 is 0 Å².